The van der Waals surface area contributed by atoms with Crippen molar-refractivity contribution >= 4 is 39.3 Å². The number of anilines is 1. The van der Waals surface area contributed by atoms with Crippen molar-refractivity contribution in [3.8, 4) is 5.75 Å². The van der Waals surface area contributed by atoms with E-state index in [0.717, 1.165) is 12.1 Å². The number of nitrogens with zero attached hydrogens (tertiary/aromatic N) is 1. The Morgan fingerprint density at radius 1 is 1.38 bits per heavy atom. The monoisotopic (exact) mass is 394 g/mol. The van der Waals surface area contributed by atoms with Gasteiger partial charge in [-0.3, -0.25) is 14.9 Å². The fourth-order valence-electron chi connectivity index (χ4n) is 2.00. The average molecular weight is 395 g/mol. The summed E-state index contributed by atoms with van der Waals surface area (Å²) in [6, 6.07) is 8.32. The summed E-state index contributed by atoms with van der Waals surface area (Å²) in [5, 5.41) is 13.4. The van der Waals surface area contributed by atoms with E-state index in [2.05, 4.69) is 21.2 Å². The van der Waals surface area contributed by atoms with Gasteiger partial charge in [-0.05, 0) is 34.1 Å². The molecule has 0 aliphatic carbocycles. The quantitative estimate of drug-likeness (QED) is 0.468. The van der Waals surface area contributed by atoms with E-state index in [1.54, 1.807) is 6.07 Å². The Hall–Kier alpha value is -2.74. The summed E-state index contributed by atoms with van der Waals surface area (Å²) in [5.41, 5.74) is 0.305. The molecule has 0 radical (unpaired) electrons. The van der Waals surface area contributed by atoms with Crippen LogP contribution < -0.4 is 10.1 Å². The number of carbonyl (C=O) groups is 1. The van der Waals surface area contributed by atoms with E-state index in [0.29, 0.717) is 4.47 Å². The maximum Gasteiger partial charge on any atom is 0.276 e. The average Bonchev–Trinajstić information content (AvgIpc) is 2.52. The second kappa shape index (κ2) is 7.69. The van der Waals surface area contributed by atoms with Crippen LogP contribution in [0.4, 0.5) is 15.8 Å². The highest BCUT2D eigenvalue weighted by Gasteiger charge is 2.13. The van der Waals surface area contributed by atoms with Crippen molar-refractivity contribution in [2.45, 2.75) is 0 Å². The standard InChI is InChI=1S/C16H12BrFN2O4/c1-24-16-12(17)8-11(18)9-13(16)19-15(21)7-6-10-4-2-3-5-14(10)20(22)23/h2-9H,1H3,(H,19,21). The van der Waals surface area contributed by atoms with E-state index in [9.17, 15) is 19.3 Å². The molecule has 0 saturated carbocycles. The number of para-hydroxylation sites is 1. The van der Waals surface area contributed by atoms with Crippen LogP contribution in [0.1, 0.15) is 5.56 Å². The first kappa shape index (κ1) is 17.6. The van der Waals surface area contributed by atoms with Crippen molar-refractivity contribution in [2.75, 3.05) is 12.4 Å². The van der Waals surface area contributed by atoms with Crippen molar-refractivity contribution in [3.63, 3.8) is 0 Å². The van der Waals surface area contributed by atoms with Crippen molar-refractivity contribution in [3.05, 3.63) is 68.4 Å². The number of benzene rings is 2. The third-order valence-corrected chi connectivity index (χ3v) is 3.61. The Morgan fingerprint density at radius 3 is 2.75 bits per heavy atom. The van der Waals surface area contributed by atoms with Crippen LogP contribution in [-0.2, 0) is 4.79 Å². The van der Waals surface area contributed by atoms with Gasteiger partial charge in [0.1, 0.15) is 5.82 Å². The molecule has 0 heterocycles. The summed E-state index contributed by atoms with van der Waals surface area (Å²) in [7, 11) is 1.39. The minimum atomic E-state index is -0.580. The van der Waals surface area contributed by atoms with Crippen molar-refractivity contribution in [1.29, 1.82) is 0 Å². The molecule has 1 N–H and O–H groups in total. The van der Waals surface area contributed by atoms with Crippen LogP contribution in [0.15, 0.2) is 46.9 Å². The number of ether oxygens (including phenoxy) is 1. The topological polar surface area (TPSA) is 81.5 Å². The highest BCUT2D eigenvalue weighted by Crippen LogP contribution is 2.34. The molecule has 0 aliphatic rings. The molecular weight excluding hydrogens is 383 g/mol. The fourth-order valence-corrected chi connectivity index (χ4v) is 2.59. The van der Waals surface area contributed by atoms with Crippen molar-refractivity contribution < 1.29 is 18.8 Å². The highest BCUT2D eigenvalue weighted by atomic mass is 79.9. The lowest BCUT2D eigenvalue weighted by Crippen LogP contribution is -2.09. The molecule has 0 aliphatic heterocycles. The molecule has 0 aromatic heterocycles. The summed E-state index contributed by atoms with van der Waals surface area (Å²) < 4.78 is 18.9. The minimum absolute atomic E-state index is 0.118. The third kappa shape index (κ3) is 4.17. The van der Waals surface area contributed by atoms with E-state index in [1.165, 1.54) is 37.5 Å². The summed E-state index contributed by atoms with van der Waals surface area (Å²) in [5.74, 6) is -0.867. The third-order valence-electron chi connectivity index (χ3n) is 3.02. The number of halogens is 2. The van der Waals surface area contributed by atoms with Crippen molar-refractivity contribution in [2.24, 2.45) is 0 Å². The van der Waals surface area contributed by atoms with E-state index in [1.807, 2.05) is 0 Å². The van der Waals surface area contributed by atoms with Gasteiger partial charge < -0.3 is 10.1 Å². The smallest absolute Gasteiger partial charge is 0.276 e. The van der Waals surface area contributed by atoms with Gasteiger partial charge >= 0.3 is 0 Å². The molecular formula is C16H12BrFN2O4. The molecule has 0 fully saturated rings. The Morgan fingerprint density at radius 2 is 2.08 bits per heavy atom. The van der Waals surface area contributed by atoms with Crippen LogP contribution in [-0.4, -0.2) is 17.9 Å². The zero-order valence-corrected chi connectivity index (χ0v) is 14.0. The van der Waals surface area contributed by atoms with Crippen LogP contribution in [0.25, 0.3) is 6.08 Å². The summed E-state index contributed by atoms with van der Waals surface area (Å²) in [6.45, 7) is 0. The van der Waals surface area contributed by atoms with Gasteiger partial charge in [0.05, 0.1) is 27.8 Å². The molecule has 0 unspecified atom stereocenters. The summed E-state index contributed by atoms with van der Waals surface area (Å²) in [4.78, 5) is 22.4. The largest absolute Gasteiger partial charge is 0.493 e. The van der Waals surface area contributed by atoms with Gasteiger partial charge in [0.2, 0.25) is 5.91 Å². The molecule has 0 spiro atoms. The first-order chi connectivity index (χ1) is 11.4. The Kier molecular flexibility index (Phi) is 5.64. The van der Waals surface area contributed by atoms with Gasteiger partial charge in [0, 0.05) is 18.2 Å². The molecule has 24 heavy (non-hydrogen) atoms. The SMILES string of the molecule is COc1c(Br)cc(F)cc1NC(=O)C=Cc1ccccc1[N+](=O)[O-]. The molecule has 8 heteroatoms. The number of amides is 1. The van der Waals surface area contributed by atoms with Gasteiger partial charge in [-0.2, -0.15) is 0 Å². The maximum absolute atomic E-state index is 13.5. The lowest BCUT2D eigenvalue weighted by molar-refractivity contribution is -0.385. The second-order valence-electron chi connectivity index (χ2n) is 4.61. The zero-order chi connectivity index (χ0) is 17.7. The predicted octanol–water partition coefficient (Wildman–Crippen LogP) is 4.16. The van der Waals surface area contributed by atoms with Crippen LogP contribution in [0.5, 0.6) is 5.75 Å². The van der Waals surface area contributed by atoms with Gasteiger partial charge in [-0.15, -0.1) is 0 Å². The fraction of sp³-hybridized carbons (Fsp3) is 0.0625. The molecule has 0 atom stereocenters. The molecule has 124 valence electrons. The number of methoxy groups -OCH3 is 1. The lowest BCUT2D eigenvalue weighted by Gasteiger charge is -2.10. The van der Waals surface area contributed by atoms with Gasteiger partial charge in [-0.25, -0.2) is 4.39 Å². The molecule has 0 bridgehead atoms. The second-order valence-corrected chi connectivity index (χ2v) is 5.46. The molecule has 2 aromatic carbocycles. The van der Waals surface area contributed by atoms with Gasteiger partial charge in [-0.1, -0.05) is 12.1 Å². The van der Waals surface area contributed by atoms with E-state index >= 15 is 0 Å². The van der Waals surface area contributed by atoms with Crippen LogP contribution in [0.3, 0.4) is 0 Å². The van der Waals surface area contributed by atoms with Crippen LogP contribution in [0.2, 0.25) is 0 Å². The number of nitro benzene ring substituents is 1. The van der Waals surface area contributed by atoms with Gasteiger partial charge in [0.25, 0.3) is 5.69 Å². The van der Waals surface area contributed by atoms with E-state index < -0.39 is 16.6 Å². The zero-order valence-electron chi connectivity index (χ0n) is 12.5. The Balaban J connectivity index is 2.22. The number of hydrogen-bond donors (Lipinski definition) is 1. The lowest BCUT2D eigenvalue weighted by atomic mass is 10.1. The van der Waals surface area contributed by atoms with Crippen LogP contribution >= 0.6 is 15.9 Å². The van der Waals surface area contributed by atoms with Gasteiger partial charge in [0.15, 0.2) is 5.75 Å². The molecule has 6 nitrogen and oxygen atoms in total. The normalized spacial score (nSPS) is 10.6. The Labute approximate surface area is 145 Å². The maximum atomic E-state index is 13.5. The minimum Gasteiger partial charge on any atom is -0.493 e. The number of carbonyl (C=O) groups excluding carboxylic acids is 1. The van der Waals surface area contributed by atoms with E-state index in [4.69, 9.17) is 4.74 Å². The van der Waals surface area contributed by atoms with Crippen LogP contribution in [0, 0.1) is 15.9 Å². The first-order valence-electron chi connectivity index (χ1n) is 6.68. The molecule has 2 rings (SSSR count). The molecule has 1 amide bonds. The van der Waals surface area contributed by atoms with Crippen molar-refractivity contribution in [1.82, 2.24) is 0 Å². The molecule has 0 saturated heterocycles. The number of nitrogens with one attached hydrogen (secondary N) is 1. The number of nitro groups is 1. The van der Waals surface area contributed by atoms with E-state index in [-0.39, 0.29) is 22.7 Å². The Bertz CT molecular complexity index is 824. The summed E-state index contributed by atoms with van der Waals surface area (Å²) in [6.07, 6.45) is 2.44. The predicted molar refractivity (Wildman–Crippen MR) is 91.4 cm³/mol. The number of hydrogen-bond acceptors (Lipinski definition) is 4. The number of rotatable bonds is 5. The highest BCUT2D eigenvalue weighted by molar-refractivity contribution is 9.10. The summed E-state index contributed by atoms with van der Waals surface area (Å²) >= 11 is 3.14. The first-order valence-corrected chi connectivity index (χ1v) is 7.47. The molecule has 2 aromatic rings.